The molecule has 0 atom stereocenters. The van der Waals surface area contributed by atoms with E-state index >= 15 is 0 Å². The normalized spacial score (nSPS) is 31.0. The molecule has 3 heteroatoms. The second-order valence-corrected chi connectivity index (χ2v) is 3.63. The first-order valence-electron chi connectivity index (χ1n) is 4.71. The second kappa shape index (κ2) is 4.80. The molecule has 1 aliphatic rings. The first-order chi connectivity index (χ1) is 5.74. The molecule has 0 aromatic heterocycles. The number of hydrogen-bond acceptors (Lipinski definition) is 2. The number of nitrogens with zero attached hydrogens (tertiary/aromatic N) is 1. The average Bonchev–Trinajstić information content (AvgIpc) is 2.06. The molecule has 1 saturated carbocycles. The van der Waals surface area contributed by atoms with Gasteiger partial charge in [0.2, 0.25) is 0 Å². The van der Waals surface area contributed by atoms with Gasteiger partial charge in [0, 0.05) is 12.6 Å². The Labute approximate surface area is 74.0 Å². The van der Waals surface area contributed by atoms with Gasteiger partial charge < -0.3 is 10.0 Å². The van der Waals surface area contributed by atoms with E-state index in [1.807, 2.05) is 7.05 Å². The molecule has 0 aromatic carbocycles. The molecule has 12 heavy (non-hydrogen) atoms. The van der Waals surface area contributed by atoms with Crippen molar-refractivity contribution in [3.63, 3.8) is 0 Å². The maximum atomic E-state index is 11.0. The molecule has 71 valence electrons. The lowest BCUT2D eigenvalue weighted by Crippen LogP contribution is -2.37. The Balaban J connectivity index is 2.24. The first kappa shape index (κ1) is 9.96. The SMILES string of the molecule is CN(CCO)C1CCC([O])CC1. The summed E-state index contributed by atoms with van der Waals surface area (Å²) in [6, 6.07) is 0.530. The minimum absolute atomic E-state index is 0.216. The Morgan fingerprint density at radius 3 is 2.42 bits per heavy atom. The van der Waals surface area contributed by atoms with Gasteiger partial charge in [-0.15, -0.1) is 0 Å². The largest absolute Gasteiger partial charge is 0.395 e. The fraction of sp³-hybridized carbons (Fsp3) is 1.00. The Morgan fingerprint density at radius 2 is 1.92 bits per heavy atom. The van der Waals surface area contributed by atoms with Crippen molar-refractivity contribution in [2.45, 2.75) is 37.8 Å². The number of aliphatic hydroxyl groups excluding tert-OH is 1. The highest BCUT2D eigenvalue weighted by Crippen LogP contribution is 2.22. The molecular formula is C9H18NO2. The van der Waals surface area contributed by atoms with Gasteiger partial charge in [-0.05, 0) is 32.7 Å². The standard InChI is InChI=1S/C9H18NO2/c1-10(6-7-11)8-2-4-9(12)5-3-8/h8-9,11H,2-7H2,1H3. The third kappa shape index (κ3) is 2.73. The summed E-state index contributed by atoms with van der Waals surface area (Å²) < 4.78 is 0. The molecule has 1 N–H and O–H groups in total. The van der Waals surface area contributed by atoms with Crippen LogP contribution in [-0.4, -0.2) is 42.4 Å². The van der Waals surface area contributed by atoms with Crippen LogP contribution >= 0.6 is 0 Å². The van der Waals surface area contributed by atoms with Gasteiger partial charge in [0.15, 0.2) is 0 Å². The molecule has 3 nitrogen and oxygen atoms in total. The summed E-state index contributed by atoms with van der Waals surface area (Å²) in [6.07, 6.45) is 3.29. The number of aliphatic hydroxyl groups is 1. The van der Waals surface area contributed by atoms with E-state index in [2.05, 4.69) is 4.90 Å². The number of likely N-dealkylation sites (N-methyl/N-ethyl adjacent to an activating group) is 1. The smallest absolute Gasteiger partial charge is 0.0931 e. The highest BCUT2D eigenvalue weighted by molar-refractivity contribution is 4.77. The molecule has 1 aliphatic carbocycles. The molecule has 0 saturated heterocycles. The fourth-order valence-corrected chi connectivity index (χ4v) is 1.83. The topological polar surface area (TPSA) is 43.4 Å². The van der Waals surface area contributed by atoms with Gasteiger partial charge in [-0.1, -0.05) is 0 Å². The molecule has 0 aliphatic heterocycles. The minimum Gasteiger partial charge on any atom is -0.395 e. The van der Waals surface area contributed by atoms with Gasteiger partial charge in [-0.25, -0.2) is 5.11 Å². The van der Waals surface area contributed by atoms with Crippen molar-refractivity contribution in [3.8, 4) is 0 Å². The molecule has 1 rings (SSSR count). The van der Waals surface area contributed by atoms with Crippen molar-refractivity contribution in [2.75, 3.05) is 20.2 Å². The summed E-state index contributed by atoms with van der Waals surface area (Å²) >= 11 is 0. The first-order valence-corrected chi connectivity index (χ1v) is 4.71. The van der Waals surface area contributed by atoms with Gasteiger partial charge in [-0.2, -0.15) is 0 Å². The van der Waals surface area contributed by atoms with Crippen LogP contribution in [0, 0.1) is 0 Å². The van der Waals surface area contributed by atoms with Crippen molar-refractivity contribution in [1.82, 2.24) is 4.90 Å². The maximum Gasteiger partial charge on any atom is 0.0931 e. The number of rotatable bonds is 3. The van der Waals surface area contributed by atoms with Gasteiger partial charge in [0.05, 0.1) is 12.7 Å². The van der Waals surface area contributed by atoms with Gasteiger partial charge in [0.1, 0.15) is 0 Å². The van der Waals surface area contributed by atoms with E-state index < -0.39 is 0 Å². The monoisotopic (exact) mass is 172 g/mol. The average molecular weight is 172 g/mol. The zero-order valence-corrected chi connectivity index (χ0v) is 7.70. The highest BCUT2D eigenvalue weighted by atomic mass is 16.3. The Kier molecular flexibility index (Phi) is 3.98. The van der Waals surface area contributed by atoms with E-state index in [1.165, 1.54) is 0 Å². The Hall–Kier alpha value is -0.120. The van der Waals surface area contributed by atoms with Crippen molar-refractivity contribution in [3.05, 3.63) is 0 Å². The summed E-state index contributed by atoms with van der Waals surface area (Å²) in [6.45, 7) is 0.946. The molecule has 1 fully saturated rings. The second-order valence-electron chi connectivity index (χ2n) is 3.63. The summed E-state index contributed by atoms with van der Waals surface area (Å²) in [5.41, 5.74) is 0. The molecule has 0 unspecified atom stereocenters. The van der Waals surface area contributed by atoms with E-state index in [9.17, 15) is 5.11 Å². The highest BCUT2D eigenvalue weighted by Gasteiger charge is 2.22. The lowest BCUT2D eigenvalue weighted by Gasteiger charge is -2.31. The third-order valence-electron chi connectivity index (χ3n) is 2.72. The van der Waals surface area contributed by atoms with E-state index in [0.29, 0.717) is 6.04 Å². The van der Waals surface area contributed by atoms with Crippen LogP contribution in [0.15, 0.2) is 0 Å². The van der Waals surface area contributed by atoms with Crippen LogP contribution < -0.4 is 0 Å². The van der Waals surface area contributed by atoms with Crippen molar-refractivity contribution >= 4 is 0 Å². The molecule has 0 amide bonds. The minimum atomic E-state index is -0.330. The predicted molar refractivity (Wildman–Crippen MR) is 46.4 cm³/mol. The van der Waals surface area contributed by atoms with Gasteiger partial charge in [-0.3, -0.25) is 0 Å². The van der Waals surface area contributed by atoms with Crippen LogP contribution in [0.3, 0.4) is 0 Å². The van der Waals surface area contributed by atoms with Crippen LogP contribution in [0.1, 0.15) is 25.7 Å². The fourth-order valence-electron chi connectivity index (χ4n) is 1.83. The summed E-state index contributed by atoms with van der Waals surface area (Å²) in [5, 5.41) is 19.7. The molecule has 0 bridgehead atoms. The van der Waals surface area contributed by atoms with Crippen LogP contribution in [0.4, 0.5) is 0 Å². The van der Waals surface area contributed by atoms with Crippen LogP contribution in [0.5, 0.6) is 0 Å². The van der Waals surface area contributed by atoms with Crippen molar-refractivity contribution in [2.24, 2.45) is 0 Å². The van der Waals surface area contributed by atoms with Crippen LogP contribution in [-0.2, 0) is 5.11 Å². The van der Waals surface area contributed by atoms with E-state index in [4.69, 9.17) is 5.11 Å². The lowest BCUT2D eigenvalue weighted by molar-refractivity contribution is 0.0286. The zero-order chi connectivity index (χ0) is 8.97. The van der Waals surface area contributed by atoms with Gasteiger partial charge in [0.25, 0.3) is 0 Å². The summed E-state index contributed by atoms with van der Waals surface area (Å²) in [7, 11) is 2.02. The van der Waals surface area contributed by atoms with Crippen LogP contribution in [0.25, 0.3) is 0 Å². The Morgan fingerprint density at radius 1 is 1.33 bits per heavy atom. The third-order valence-corrected chi connectivity index (χ3v) is 2.72. The quantitative estimate of drug-likeness (QED) is 0.679. The zero-order valence-electron chi connectivity index (χ0n) is 7.70. The molecule has 0 spiro atoms. The van der Waals surface area contributed by atoms with E-state index in [0.717, 1.165) is 32.2 Å². The molecule has 0 heterocycles. The molecule has 0 aromatic rings. The van der Waals surface area contributed by atoms with Crippen molar-refractivity contribution < 1.29 is 10.2 Å². The summed E-state index contributed by atoms with van der Waals surface area (Å²) in [4.78, 5) is 2.16. The molecule has 1 radical (unpaired) electrons. The maximum absolute atomic E-state index is 11.0. The van der Waals surface area contributed by atoms with Crippen molar-refractivity contribution in [1.29, 1.82) is 0 Å². The predicted octanol–water partition coefficient (Wildman–Crippen LogP) is 0.652. The van der Waals surface area contributed by atoms with E-state index in [-0.39, 0.29) is 12.7 Å². The Bertz CT molecular complexity index is 122. The molecular weight excluding hydrogens is 154 g/mol. The van der Waals surface area contributed by atoms with Crippen LogP contribution in [0.2, 0.25) is 0 Å². The summed E-state index contributed by atoms with van der Waals surface area (Å²) in [5.74, 6) is 0. The van der Waals surface area contributed by atoms with Gasteiger partial charge >= 0.3 is 0 Å². The lowest BCUT2D eigenvalue weighted by atomic mass is 9.92. The van der Waals surface area contributed by atoms with E-state index in [1.54, 1.807) is 0 Å². The number of hydrogen-bond donors (Lipinski definition) is 1.